The Morgan fingerprint density at radius 1 is 1.15 bits per heavy atom. The molecular weight excluding hydrogens is 258 g/mol. The fourth-order valence-corrected chi connectivity index (χ4v) is 1.56. The highest BCUT2D eigenvalue weighted by Gasteiger charge is 2.01. The van der Waals surface area contributed by atoms with Gasteiger partial charge in [0.25, 0.3) is 0 Å². The highest BCUT2D eigenvalue weighted by atomic mass is 16.5. The Kier molecular flexibility index (Phi) is 7.13. The van der Waals surface area contributed by atoms with E-state index in [1.165, 1.54) is 6.92 Å². The van der Waals surface area contributed by atoms with Gasteiger partial charge in [0, 0.05) is 38.6 Å². The van der Waals surface area contributed by atoms with Gasteiger partial charge in [-0.25, -0.2) is 0 Å². The molecule has 20 heavy (non-hydrogen) atoms. The Morgan fingerprint density at radius 3 is 2.40 bits per heavy atom. The topological polar surface area (TPSA) is 79.5 Å². The molecule has 0 heterocycles. The van der Waals surface area contributed by atoms with E-state index in [4.69, 9.17) is 4.74 Å². The van der Waals surface area contributed by atoms with Crippen molar-refractivity contribution in [2.75, 3.05) is 37.4 Å². The minimum Gasteiger partial charge on any atom is -0.385 e. The highest BCUT2D eigenvalue weighted by molar-refractivity contribution is 5.88. The monoisotopic (exact) mass is 279 g/mol. The number of carbonyl (C=O) groups is 2. The molecule has 2 amide bonds. The number of benzene rings is 1. The number of hydrogen-bond donors (Lipinski definition) is 3. The van der Waals surface area contributed by atoms with Gasteiger partial charge in [-0.15, -0.1) is 0 Å². The number of methoxy groups -OCH3 is 1. The van der Waals surface area contributed by atoms with Crippen LogP contribution in [0.1, 0.15) is 13.3 Å². The summed E-state index contributed by atoms with van der Waals surface area (Å²) in [5.41, 5.74) is 1.55. The molecule has 1 rings (SSSR count). The Morgan fingerprint density at radius 2 is 1.80 bits per heavy atom. The number of hydrogen-bond acceptors (Lipinski definition) is 4. The maximum absolute atomic E-state index is 11.5. The second-order valence-corrected chi connectivity index (χ2v) is 4.31. The lowest BCUT2D eigenvalue weighted by Crippen LogP contribution is -2.31. The summed E-state index contributed by atoms with van der Waals surface area (Å²) in [7, 11) is 1.63. The summed E-state index contributed by atoms with van der Waals surface area (Å²) in [6.07, 6.45) is 0.799. The van der Waals surface area contributed by atoms with Crippen molar-refractivity contribution in [3.8, 4) is 0 Å². The zero-order chi connectivity index (χ0) is 14.8. The predicted octanol–water partition coefficient (Wildman–Crippen LogP) is 1.21. The van der Waals surface area contributed by atoms with Crippen molar-refractivity contribution >= 4 is 23.2 Å². The van der Waals surface area contributed by atoms with Crippen LogP contribution in [0.15, 0.2) is 24.3 Å². The molecule has 0 saturated heterocycles. The van der Waals surface area contributed by atoms with E-state index in [0.717, 1.165) is 17.8 Å². The van der Waals surface area contributed by atoms with Crippen molar-refractivity contribution < 1.29 is 14.3 Å². The van der Waals surface area contributed by atoms with Crippen LogP contribution in [0.4, 0.5) is 11.4 Å². The molecule has 0 aliphatic heterocycles. The summed E-state index contributed by atoms with van der Waals surface area (Å²) in [5, 5.41) is 8.48. The van der Waals surface area contributed by atoms with E-state index in [-0.39, 0.29) is 18.4 Å². The van der Waals surface area contributed by atoms with E-state index in [1.807, 2.05) is 12.1 Å². The minimum absolute atomic E-state index is 0.0629. The Balaban J connectivity index is 2.27. The fourth-order valence-electron chi connectivity index (χ4n) is 1.56. The Hall–Kier alpha value is -2.08. The number of amides is 2. The third kappa shape index (κ3) is 6.75. The quantitative estimate of drug-likeness (QED) is 0.625. The van der Waals surface area contributed by atoms with E-state index in [0.29, 0.717) is 13.2 Å². The van der Waals surface area contributed by atoms with Gasteiger partial charge in [0.15, 0.2) is 0 Å². The van der Waals surface area contributed by atoms with Crippen LogP contribution in [0.5, 0.6) is 0 Å². The Bertz CT molecular complexity index is 432. The molecule has 0 aliphatic rings. The van der Waals surface area contributed by atoms with Crippen molar-refractivity contribution in [3.63, 3.8) is 0 Å². The van der Waals surface area contributed by atoms with Crippen LogP contribution in [0.25, 0.3) is 0 Å². The van der Waals surface area contributed by atoms with Gasteiger partial charge in [0.1, 0.15) is 0 Å². The summed E-state index contributed by atoms with van der Waals surface area (Å²) in [6.45, 7) is 2.92. The van der Waals surface area contributed by atoms with Crippen molar-refractivity contribution in [3.05, 3.63) is 24.3 Å². The van der Waals surface area contributed by atoms with Gasteiger partial charge in [-0.05, 0) is 30.7 Å². The first-order valence-electron chi connectivity index (χ1n) is 6.49. The average Bonchev–Trinajstić information content (AvgIpc) is 2.42. The van der Waals surface area contributed by atoms with Crippen molar-refractivity contribution in [1.29, 1.82) is 0 Å². The van der Waals surface area contributed by atoms with Crippen molar-refractivity contribution in [1.82, 2.24) is 5.32 Å². The second kappa shape index (κ2) is 8.92. The molecule has 110 valence electrons. The first kappa shape index (κ1) is 16.0. The van der Waals surface area contributed by atoms with Gasteiger partial charge in [-0.3, -0.25) is 9.59 Å². The largest absolute Gasteiger partial charge is 0.385 e. The lowest BCUT2D eigenvalue weighted by Gasteiger charge is -2.08. The molecule has 0 unspecified atom stereocenters. The molecule has 0 bridgehead atoms. The molecular formula is C14H21N3O3. The molecule has 0 saturated carbocycles. The molecule has 6 nitrogen and oxygen atoms in total. The predicted molar refractivity (Wildman–Crippen MR) is 78.7 cm³/mol. The van der Waals surface area contributed by atoms with Crippen LogP contribution in [0.2, 0.25) is 0 Å². The molecule has 3 N–H and O–H groups in total. The molecule has 0 atom stereocenters. The zero-order valence-corrected chi connectivity index (χ0v) is 11.9. The Labute approximate surface area is 118 Å². The SMILES string of the molecule is COCCCNC(=O)CNc1ccc(NC(C)=O)cc1. The molecule has 1 aromatic rings. The highest BCUT2D eigenvalue weighted by Crippen LogP contribution is 2.12. The van der Waals surface area contributed by atoms with E-state index in [9.17, 15) is 9.59 Å². The van der Waals surface area contributed by atoms with Gasteiger partial charge in [-0.2, -0.15) is 0 Å². The number of ether oxygens (including phenoxy) is 1. The van der Waals surface area contributed by atoms with E-state index >= 15 is 0 Å². The van der Waals surface area contributed by atoms with Crippen molar-refractivity contribution in [2.45, 2.75) is 13.3 Å². The second-order valence-electron chi connectivity index (χ2n) is 4.31. The van der Waals surface area contributed by atoms with Crippen LogP contribution in [-0.4, -0.2) is 38.6 Å². The molecule has 0 fully saturated rings. The van der Waals surface area contributed by atoms with Gasteiger partial charge in [-0.1, -0.05) is 0 Å². The third-order valence-corrected chi connectivity index (χ3v) is 2.51. The lowest BCUT2D eigenvalue weighted by molar-refractivity contribution is -0.119. The number of carbonyl (C=O) groups excluding carboxylic acids is 2. The first-order chi connectivity index (χ1) is 9.61. The van der Waals surface area contributed by atoms with E-state index < -0.39 is 0 Å². The number of nitrogens with one attached hydrogen (secondary N) is 3. The summed E-state index contributed by atoms with van der Waals surface area (Å²) >= 11 is 0. The molecule has 0 aromatic heterocycles. The summed E-state index contributed by atoms with van der Waals surface area (Å²) in [5.74, 6) is -0.173. The maximum Gasteiger partial charge on any atom is 0.239 e. The fraction of sp³-hybridized carbons (Fsp3) is 0.429. The normalized spacial score (nSPS) is 9.90. The van der Waals surface area contributed by atoms with Crippen LogP contribution in [0, 0.1) is 0 Å². The summed E-state index contributed by atoms with van der Waals surface area (Å²) < 4.78 is 4.89. The van der Waals surface area contributed by atoms with E-state index in [1.54, 1.807) is 19.2 Å². The van der Waals surface area contributed by atoms with Crippen LogP contribution in [0.3, 0.4) is 0 Å². The van der Waals surface area contributed by atoms with Gasteiger partial charge >= 0.3 is 0 Å². The minimum atomic E-state index is -0.110. The lowest BCUT2D eigenvalue weighted by atomic mass is 10.2. The number of rotatable bonds is 8. The molecule has 0 radical (unpaired) electrons. The third-order valence-electron chi connectivity index (χ3n) is 2.51. The molecule has 1 aromatic carbocycles. The van der Waals surface area contributed by atoms with Gasteiger partial charge < -0.3 is 20.7 Å². The van der Waals surface area contributed by atoms with Gasteiger partial charge in [0.2, 0.25) is 11.8 Å². The first-order valence-corrected chi connectivity index (χ1v) is 6.49. The maximum atomic E-state index is 11.5. The summed E-state index contributed by atoms with van der Waals surface area (Å²) in [6, 6.07) is 7.17. The standard InChI is InChI=1S/C14H21N3O3/c1-11(18)17-13-6-4-12(5-7-13)16-10-14(19)15-8-3-9-20-2/h4-7,16H,3,8-10H2,1-2H3,(H,15,19)(H,17,18). The molecule has 6 heteroatoms. The van der Waals surface area contributed by atoms with Crippen LogP contribution < -0.4 is 16.0 Å². The van der Waals surface area contributed by atoms with E-state index in [2.05, 4.69) is 16.0 Å². The molecule has 0 spiro atoms. The number of anilines is 2. The summed E-state index contributed by atoms with van der Waals surface area (Å²) in [4.78, 5) is 22.4. The van der Waals surface area contributed by atoms with Crippen molar-refractivity contribution in [2.24, 2.45) is 0 Å². The average molecular weight is 279 g/mol. The smallest absolute Gasteiger partial charge is 0.239 e. The zero-order valence-electron chi connectivity index (χ0n) is 11.9. The van der Waals surface area contributed by atoms with Crippen LogP contribution >= 0.6 is 0 Å². The van der Waals surface area contributed by atoms with Gasteiger partial charge in [0.05, 0.1) is 6.54 Å². The van der Waals surface area contributed by atoms with Crippen LogP contribution in [-0.2, 0) is 14.3 Å². The molecule has 0 aliphatic carbocycles.